The van der Waals surface area contributed by atoms with Gasteiger partial charge >= 0.3 is 6.03 Å². The molecule has 0 heterocycles. The fourth-order valence-corrected chi connectivity index (χ4v) is 1.65. The maximum Gasteiger partial charge on any atom is 0.317 e. The summed E-state index contributed by atoms with van der Waals surface area (Å²) in [5.74, 6) is 0.478. The van der Waals surface area contributed by atoms with Crippen LogP contribution in [0.15, 0.2) is 24.3 Å². The van der Waals surface area contributed by atoms with Gasteiger partial charge in [-0.3, -0.25) is 0 Å². The summed E-state index contributed by atoms with van der Waals surface area (Å²) >= 11 is 0. The van der Waals surface area contributed by atoms with Crippen molar-refractivity contribution in [2.45, 2.75) is 33.7 Å². The van der Waals surface area contributed by atoms with E-state index in [2.05, 4.69) is 50.4 Å². The minimum atomic E-state index is -0.0109. The molecule has 0 atom stereocenters. The molecule has 18 heavy (non-hydrogen) atoms. The van der Waals surface area contributed by atoms with Gasteiger partial charge in [0.05, 0.1) is 0 Å². The molecule has 0 radical (unpaired) electrons. The molecule has 1 N–H and O–H groups in total. The Kier molecular flexibility index (Phi) is 5.69. The fraction of sp³-hybridized carbons (Fsp3) is 0.533. The van der Waals surface area contributed by atoms with Gasteiger partial charge < -0.3 is 10.2 Å². The average Bonchev–Trinajstić information content (AvgIpc) is 2.36. The van der Waals surface area contributed by atoms with Gasteiger partial charge in [0.15, 0.2) is 0 Å². The van der Waals surface area contributed by atoms with Gasteiger partial charge in [-0.1, -0.05) is 45.0 Å². The van der Waals surface area contributed by atoms with Crippen LogP contribution in [-0.4, -0.2) is 24.5 Å². The summed E-state index contributed by atoms with van der Waals surface area (Å²) in [4.78, 5) is 13.5. The molecule has 3 heteroatoms. The highest BCUT2D eigenvalue weighted by Crippen LogP contribution is 2.07. The predicted octanol–water partition coefficient (Wildman–Crippen LogP) is 3.05. The largest absolute Gasteiger partial charge is 0.338 e. The predicted molar refractivity (Wildman–Crippen MR) is 75.5 cm³/mol. The summed E-state index contributed by atoms with van der Waals surface area (Å²) in [6.07, 6.45) is 1.05. The van der Waals surface area contributed by atoms with Gasteiger partial charge in [-0.25, -0.2) is 4.79 Å². The first-order valence-corrected chi connectivity index (χ1v) is 6.59. The average molecular weight is 248 g/mol. The Morgan fingerprint density at radius 1 is 1.22 bits per heavy atom. The summed E-state index contributed by atoms with van der Waals surface area (Å²) in [7, 11) is 1.82. The Bertz CT molecular complexity index is 371. The van der Waals surface area contributed by atoms with Crippen molar-refractivity contribution >= 4 is 6.03 Å². The third-order valence-electron chi connectivity index (χ3n) is 2.86. The molecule has 0 unspecified atom stereocenters. The molecule has 1 aromatic carbocycles. The number of carbonyl (C=O) groups excluding carboxylic acids is 1. The van der Waals surface area contributed by atoms with Crippen LogP contribution in [0.1, 0.15) is 31.9 Å². The van der Waals surface area contributed by atoms with Crippen molar-refractivity contribution in [3.05, 3.63) is 35.4 Å². The SMILES string of the molecule is CCc1ccc(CN(C)C(=O)NCC(C)C)cc1. The van der Waals surface area contributed by atoms with E-state index < -0.39 is 0 Å². The number of benzene rings is 1. The van der Waals surface area contributed by atoms with Crippen LogP contribution in [-0.2, 0) is 13.0 Å². The Morgan fingerprint density at radius 3 is 2.28 bits per heavy atom. The normalized spacial score (nSPS) is 10.5. The van der Waals surface area contributed by atoms with Crippen LogP contribution < -0.4 is 5.32 Å². The molecule has 100 valence electrons. The standard InChI is InChI=1S/C15H24N2O/c1-5-13-6-8-14(9-7-13)11-17(4)15(18)16-10-12(2)3/h6-9,12H,5,10-11H2,1-4H3,(H,16,18). The van der Waals surface area contributed by atoms with Crippen molar-refractivity contribution in [1.82, 2.24) is 10.2 Å². The monoisotopic (exact) mass is 248 g/mol. The van der Waals surface area contributed by atoms with E-state index in [9.17, 15) is 4.79 Å². The highest BCUT2D eigenvalue weighted by Gasteiger charge is 2.08. The Morgan fingerprint density at radius 2 is 1.78 bits per heavy atom. The maximum atomic E-state index is 11.8. The molecule has 0 aliphatic heterocycles. The number of hydrogen-bond donors (Lipinski definition) is 1. The number of aryl methyl sites for hydroxylation is 1. The van der Waals surface area contributed by atoms with E-state index in [0.29, 0.717) is 12.5 Å². The molecule has 3 nitrogen and oxygen atoms in total. The summed E-state index contributed by atoms with van der Waals surface area (Å²) < 4.78 is 0. The number of urea groups is 1. The molecule has 0 fully saturated rings. The molecule has 0 spiro atoms. The lowest BCUT2D eigenvalue weighted by atomic mass is 10.1. The molecule has 0 aliphatic rings. The number of amides is 2. The second-order valence-corrected chi connectivity index (χ2v) is 5.11. The lowest BCUT2D eigenvalue weighted by Gasteiger charge is -2.19. The molecular formula is C15H24N2O. The first-order valence-electron chi connectivity index (χ1n) is 6.59. The number of hydrogen-bond acceptors (Lipinski definition) is 1. The van der Waals surface area contributed by atoms with Crippen molar-refractivity contribution in [2.24, 2.45) is 5.92 Å². The third kappa shape index (κ3) is 4.78. The topological polar surface area (TPSA) is 32.3 Å². The van der Waals surface area contributed by atoms with Gasteiger partial charge in [-0.05, 0) is 23.5 Å². The fourth-order valence-electron chi connectivity index (χ4n) is 1.65. The van der Waals surface area contributed by atoms with Gasteiger partial charge in [0.2, 0.25) is 0 Å². The lowest BCUT2D eigenvalue weighted by molar-refractivity contribution is 0.205. The molecule has 2 amide bonds. The van der Waals surface area contributed by atoms with E-state index in [-0.39, 0.29) is 6.03 Å². The smallest absolute Gasteiger partial charge is 0.317 e. The first kappa shape index (κ1) is 14.6. The number of rotatable bonds is 5. The van der Waals surface area contributed by atoms with Gasteiger partial charge in [0.25, 0.3) is 0 Å². The Hall–Kier alpha value is -1.51. The quantitative estimate of drug-likeness (QED) is 0.853. The van der Waals surface area contributed by atoms with E-state index in [1.54, 1.807) is 4.90 Å². The van der Waals surface area contributed by atoms with Gasteiger partial charge in [0, 0.05) is 20.1 Å². The van der Waals surface area contributed by atoms with E-state index in [0.717, 1.165) is 18.5 Å². The molecule has 0 aliphatic carbocycles. The molecule has 1 rings (SSSR count). The first-order chi connectivity index (χ1) is 8.52. The van der Waals surface area contributed by atoms with Crippen LogP contribution in [0.4, 0.5) is 4.79 Å². The Labute approximate surface area is 110 Å². The minimum Gasteiger partial charge on any atom is -0.338 e. The van der Waals surface area contributed by atoms with Crippen molar-refractivity contribution < 1.29 is 4.79 Å². The highest BCUT2D eigenvalue weighted by atomic mass is 16.2. The van der Waals surface area contributed by atoms with E-state index >= 15 is 0 Å². The van der Waals surface area contributed by atoms with E-state index in [1.165, 1.54) is 5.56 Å². The zero-order chi connectivity index (χ0) is 13.5. The zero-order valence-corrected chi connectivity index (χ0v) is 11.9. The van der Waals surface area contributed by atoms with Crippen LogP contribution in [0, 0.1) is 5.92 Å². The van der Waals surface area contributed by atoms with Crippen LogP contribution in [0.5, 0.6) is 0 Å². The molecule has 0 saturated heterocycles. The molecule has 0 saturated carbocycles. The lowest BCUT2D eigenvalue weighted by Crippen LogP contribution is -2.38. The zero-order valence-electron chi connectivity index (χ0n) is 11.9. The van der Waals surface area contributed by atoms with Crippen LogP contribution >= 0.6 is 0 Å². The van der Waals surface area contributed by atoms with Crippen molar-refractivity contribution in [3.63, 3.8) is 0 Å². The molecule has 1 aromatic rings. The van der Waals surface area contributed by atoms with Gasteiger partial charge in [0.1, 0.15) is 0 Å². The third-order valence-corrected chi connectivity index (χ3v) is 2.86. The second-order valence-electron chi connectivity index (χ2n) is 5.11. The summed E-state index contributed by atoms with van der Waals surface area (Å²) in [5, 5.41) is 2.91. The molecular weight excluding hydrogens is 224 g/mol. The number of nitrogens with one attached hydrogen (secondary N) is 1. The summed E-state index contributed by atoms with van der Waals surface area (Å²) in [6, 6.07) is 8.41. The van der Waals surface area contributed by atoms with Crippen LogP contribution in [0.25, 0.3) is 0 Å². The van der Waals surface area contributed by atoms with E-state index in [4.69, 9.17) is 0 Å². The van der Waals surface area contributed by atoms with Crippen LogP contribution in [0.3, 0.4) is 0 Å². The van der Waals surface area contributed by atoms with E-state index in [1.807, 2.05) is 7.05 Å². The van der Waals surface area contributed by atoms with Crippen molar-refractivity contribution in [1.29, 1.82) is 0 Å². The van der Waals surface area contributed by atoms with Crippen molar-refractivity contribution in [2.75, 3.05) is 13.6 Å². The number of nitrogens with zero attached hydrogens (tertiary/aromatic N) is 1. The second kappa shape index (κ2) is 7.04. The van der Waals surface area contributed by atoms with Gasteiger partial charge in [-0.2, -0.15) is 0 Å². The Balaban J connectivity index is 2.47. The molecule has 0 aromatic heterocycles. The van der Waals surface area contributed by atoms with Crippen molar-refractivity contribution in [3.8, 4) is 0 Å². The minimum absolute atomic E-state index is 0.0109. The highest BCUT2D eigenvalue weighted by molar-refractivity contribution is 5.73. The summed E-state index contributed by atoms with van der Waals surface area (Å²) in [5.41, 5.74) is 2.49. The summed E-state index contributed by atoms with van der Waals surface area (Å²) in [6.45, 7) is 7.68. The number of carbonyl (C=O) groups is 1. The van der Waals surface area contributed by atoms with Crippen LogP contribution in [0.2, 0.25) is 0 Å². The maximum absolute atomic E-state index is 11.8. The molecule has 0 bridgehead atoms. The van der Waals surface area contributed by atoms with Gasteiger partial charge in [-0.15, -0.1) is 0 Å².